The van der Waals surface area contributed by atoms with E-state index in [2.05, 4.69) is 6.58 Å². The van der Waals surface area contributed by atoms with Crippen LogP contribution < -0.4 is 0 Å². The number of carbonyl (C=O) groups excluding carboxylic acids is 2. The number of allylic oxidation sites excluding steroid dienone is 1. The van der Waals surface area contributed by atoms with Crippen LogP contribution in [0.4, 0.5) is 4.79 Å². The molecule has 1 aliphatic rings. The van der Waals surface area contributed by atoms with Crippen LogP contribution in [0.3, 0.4) is 0 Å². The second kappa shape index (κ2) is 8.20. The number of amides is 2. The van der Waals surface area contributed by atoms with Crippen LogP contribution in [0.15, 0.2) is 12.7 Å². The molecule has 1 heterocycles. The van der Waals surface area contributed by atoms with Crippen molar-refractivity contribution in [1.82, 2.24) is 9.80 Å². The lowest BCUT2D eigenvalue weighted by Gasteiger charge is -2.34. The van der Waals surface area contributed by atoms with Crippen molar-refractivity contribution in [1.29, 1.82) is 0 Å². The van der Waals surface area contributed by atoms with Gasteiger partial charge in [-0.1, -0.05) is 6.08 Å². The minimum absolute atomic E-state index is 0.207. The quantitative estimate of drug-likeness (QED) is 0.733. The lowest BCUT2D eigenvalue weighted by molar-refractivity contribution is -0.132. The van der Waals surface area contributed by atoms with E-state index in [0.29, 0.717) is 18.9 Å². The van der Waals surface area contributed by atoms with Gasteiger partial charge in [-0.05, 0) is 46.0 Å². The molecule has 0 aliphatic carbocycles. The maximum absolute atomic E-state index is 12.0. The highest BCUT2D eigenvalue weighted by atomic mass is 16.6. The van der Waals surface area contributed by atoms with Crippen molar-refractivity contribution >= 4 is 12.0 Å². The van der Waals surface area contributed by atoms with E-state index in [-0.39, 0.29) is 12.0 Å². The molecule has 0 radical (unpaired) electrons. The first kappa shape index (κ1) is 18.5. The highest BCUT2D eigenvalue weighted by Crippen LogP contribution is 2.20. The minimum atomic E-state index is -0.466. The van der Waals surface area contributed by atoms with Gasteiger partial charge in [-0.25, -0.2) is 4.79 Å². The monoisotopic (exact) mass is 310 g/mol. The molecule has 0 spiro atoms. The largest absolute Gasteiger partial charge is 0.444 e. The summed E-state index contributed by atoms with van der Waals surface area (Å²) in [5, 5.41) is 0. The second-order valence-electron chi connectivity index (χ2n) is 7.01. The summed E-state index contributed by atoms with van der Waals surface area (Å²) in [6.07, 6.45) is 4.66. The number of hydrogen-bond donors (Lipinski definition) is 0. The fraction of sp³-hybridized carbons (Fsp3) is 0.765. The molecule has 1 saturated heterocycles. The molecule has 126 valence electrons. The summed E-state index contributed by atoms with van der Waals surface area (Å²) < 4.78 is 5.36. The summed E-state index contributed by atoms with van der Waals surface area (Å²) in [7, 11) is 1.77. The number of nitrogens with zero attached hydrogens (tertiary/aromatic N) is 2. The predicted octanol–water partition coefficient (Wildman–Crippen LogP) is 3.06. The Morgan fingerprint density at radius 3 is 2.41 bits per heavy atom. The summed E-state index contributed by atoms with van der Waals surface area (Å²) in [5.41, 5.74) is -0.466. The Morgan fingerprint density at radius 1 is 1.32 bits per heavy atom. The van der Waals surface area contributed by atoms with Gasteiger partial charge in [-0.2, -0.15) is 0 Å². The van der Waals surface area contributed by atoms with Crippen LogP contribution in [-0.2, 0) is 9.53 Å². The Labute approximate surface area is 134 Å². The van der Waals surface area contributed by atoms with Crippen molar-refractivity contribution in [2.45, 2.75) is 52.1 Å². The molecule has 2 amide bonds. The van der Waals surface area contributed by atoms with E-state index >= 15 is 0 Å². The van der Waals surface area contributed by atoms with E-state index in [0.717, 1.165) is 32.4 Å². The number of piperidine rings is 1. The van der Waals surface area contributed by atoms with Crippen LogP contribution in [0.1, 0.15) is 46.5 Å². The number of likely N-dealkylation sites (tertiary alicyclic amines) is 1. The van der Waals surface area contributed by atoms with Gasteiger partial charge in [0.25, 0.3) is 0 Å². The van der Waals surface area contributed by atoms with Crippen LogP contribution in [0.5, 0.6) is 0 Å². The van der Waals surface area contributed by atoms with Gasteiger partial charge in [-0.15, -0.1) is 6.58 Å². The minimum Gasteiger partial charge on any atom is -0.444 e. The summed E-state index contributed by atoms with van der Waals surface area (Å²) >= 11 is 0. The zero-order chi connectivity index (χ0) is 16.8. The van der Waals surface area contributed by atoms with E-state index in [1.165, 1.54) is 0 Å². The topological polar surface area (TPSA) is 49.9 Å². The van der Waals surface area contributed by atoms with Gasteiger partial charge >= 0.3 is 6.09 Å². The predicted molar refractivity (Wildman–Crippen MR) is 87.6 cm³/mol. The van der Waals surface area contributed by atoms with Crippen molar-refractivity contribution < 1.29 is 14.3 Å². The molecule has 0 N–H and O–H groups in total. The molecule has 1 fully saturated rings. The van der Waals surface area contributed by atoms with Gasteiger partial charge < -0.3 is 14.5 Å². The zero-order valence-corrected chi connectivity index (χ0v) is 14.4. The van der Waals surface area contributed by atoms with Crippen LogP contribution in [-0.4, -0.2) is 54.1 Å². The molecule has 0 unspecified atom stereocenters. The molecule has 5 heteroatoms. The van der Waals surface area contributed by atoms with Crippen LogP contribution >= 0.6 is 0 Å². The highest BCUT2D eigenvalue weighted by molar-refractivity contribution is 5.76. The van der Waals surface area contributed by atoms with Gasteiger partial charge in [0.05, 0.1) is 0 Å². The first-order valence-electron chi connectivity index (χ1n) is 8.05. The SMILES string of the molecule is C=CCCC(=O)N1CCC(CN(C)C(=O)OC(C)(C)C)CC1. The lowest BCUT2D eigenvalue weighted by Crippen LogP contribution is -2.42. The Bertz CT molecular complexity index is 393. The van der Waals surface area contributed by atoms with E-state index < -0.39 is 5.60 Å². The van der Waals surface area contributed by atoms with Crippen molar-refractivity contribution in [3.05, 3.63) is 12.7 Å². The smallest absolute Gasteiger partial charge is 0.410 e. The standard InChI is InChI=1S/C17H30N2O3/c1-6-7-8-15(20)19-11-9-14(10-12-19)13-18(5)16(21)22-17(2,3)4/h6,14H,1,7-13H2,2-5H3. The number of ether oxygens (including phenoxy) is 1. The third kappa shape index (κ3) is 6.50. The molecule has 0 atom stereocenters. The maximum Gasteiger partial charge on any atom is 0.410 e. The molecule has 5 nitrogen and oxygen atoms in total. The van der Waals surface area contributed by atoms with E-state index in [1.807, 2.05) is 25.7 Å². The zero-order valence-electron chi connectivity index (χ0n) is 14.4. The number of rotatable bonds is 5. The average molecular weight is 310 g/mol. The highest BCUT2D eigenvalue weighted by Gasteiger charge is 2.26. The van der Waals surface area contributed by atoms with E-state index in [4.69, 9.17) is 4.74 Å². The fourth-order valence-corrected chi connectivity index (χ4v) is 2.55. The second-order valence-corrected chi connectivity index (χ2v) is 7.01. The first-order valence-corrected chi connectivity index (χ1v) is 8.05. The average Bonchev–Trinajstić information content (AvgIpc) is 2.43. The molecular formula is C17H30N2O3. The van der Waals surface area contributed by atoms with Crippen molar-refractivity contribution in [3.8, 4) is 0 Å². The van der Waals surface area contributed by atoms with Gasteiger partial charge in [0.15, 0.2) is 0 Å². The molecule has 0 bridgehead atoms. The van der Waals surface area contributed by atoms with E-state index in [9.17, 15) is 9.59 Å². The van der Waals surface area contributed by atoms with Crippen molar-refractivity contribution in [2.24, 2.45) is 5.92 Å². The summed E-state index contributed by atoms with van der Waals surface area (Å²) in [6, 6.07) is 0. The third-order valence-corrected chi connectivity index (χ3v) is 3.77. The van der Waals surface area contributed by atoms with Crippen molar-refractivity contribution in [2.75, 3.05) is 26.7 Å². The van der Waals surface area contributed by atoms with Gasteiger partial charge in [0.1, 0.15) is 5.60 Å². The first-order chi connectivity index (χ1) is 10.2. The molecule has 0 aromatic carbocycles. The Balaban J connectivity index is 2.34. The van der Waals surface area contributed by atoms with Crippen LogP contribution in [0.2, 0.25) is 0 Å². The Morgan fingerprint density at radius 2 is 1.91 bits per heavy atom. The van der Waals surface area contributed by atoms with E-state index in [1.54, 1.807) is 18.0 Å². The summed E-state index contributed by atoms with van der Waals surface area (Å²) in [6.45, 7) is 11.5. The fourth-order valence-electron chi connectivity index (χ4n) is 2.55. The van der Waals surface area contributed by atoms with Gasteiger partial charge in [0.2, 0.25) is 5.91 Å². The molecule has 22 heavy (non-hydrogen) atoms. The normalized spacial score (nSPS) is 16.3. The molecule has 1 rings (SSSR count). The lowest BCUT2D eigenvalue weighted by atomic mass is 9.96. The molecule has 0 aromatic rings. The Hall–Kier alpha value is -1.52. The molecule has 0 saturated carbocycles. The third-order valence-electron chi connectivity index (χ3n) is 3.77. The molecule has 0 aromatic heterocycles. The van der Waals surface area contributed by atoms with Crippen molar-refractivity contribution in [3.63, 3.8) is 0 Å². The van der Waals surface area contributed by atoms with Crippen LogP contribution in [0.25, 0.3) is 0 Å². The summed E-state index contributed by atoms with van der Waals surface area (Å²) in [5.74, 6) is 0.639. The van der Waals surface area contributed by atoms with Gasteiger partial charge in [-0.3, -0.25) is 4.79 Å². The van der Waals surface area contributed by atoms with Crippen LogP contribution in [0, 0.1) is 5.92 Å². The number of hydrogen-bond acceptors (Lipinski definition) is 3. The molecule has 1 aliphatic heterocycles. The molecular weight excluding hydrogens is 280 g/mol. The Kier molecular flexibility index (Phi) is 6.91. The number of carbonyl (C=O) groups is 2. The maximum atomic E-state index is 12.0. The summed E-state index contributed by atoms with van der Waals surface area (Å²) in [4.78, 5) is 27.5. The van der Waals surface area contributed by atoms with Gasteiger partial charge in [0, 0.05) is 33.1 Å².